The first-order valence-electron chi connectivity index (χ1n) is 5.28. The Morgan fingerprint density at radius 3 is 2.53 bits per heavy atom. The third-order valence-electron chi connectivity index (χ3n) is 2.65. The molecule has 0 amide bonds. The van der Waals surface area contributed by atoms with Gasteiger partial charge in [0.1, 0.15) is 0 Å². The summed E-state index contributed by atoms with van der Waals surface area (Å²) in [5.41, 5.74) is 6.68. The van der Waals surface area contributed by atoms with Gasteiger partial charge in [0, 0.05) is 0 Å². The van der Waals surface area contributed by atoms with Crippen LogP contribution in [-0.2, 0) is 6.42 Å². The number of halogens is 2. The molecule has 0 fully saturated rings. The number of aryl methyl sites for hydroxylation is 1. The zero-order valence-corrected chi connectivity index (χ0v) is 9.19. The summed E-state index contributed by atoms with van der Waals surface area (Å²) in [7, 11) is 0. The molecule has 1 nitrogen and oxygen atoms in total. The lowest BCUT2D eigenvalue weighted by Gasteiger charge is -2.13. The average molecular weight is 213 g/mol. The van der Waals surface area contributed by atoms with E-state index < -0.39 is 11.6 Å². The van der Waals surface area contributed by atoms with Gasteiger partial charge >= 0.3 is 0 Å². The van der Waals surface area contributed by atoms with E-state index in [4.69, 9.17) is 5.73 Å². The van der Waals surface area contributed by atoms with Crippen molar-refractivity contribution in [1.82, 2.24) is 0 Å². The number of benzene rings is 1. The molecule has 0 aliphatic heterocycles. The third kappa shape index (κ3) is 2.75. The maximum Gasteiger partial charge on any atom is 0.162 e. The summed E-state index contributed by atoms with van der Waals surface area (Å²) >= 11 is 0. The Hall–Kier alpha value is -0.960. The first-order valence-corrected chi connectivity index (χ1v) is 5.28. The Labute approximate surface area is 89.3 Å². The van der Waals surface area contributed by atoms with Gasteiger partial charge < -0.3 is 5.73 Å². The number of hydrogen-bond donors (Lipinski definition) is 1. The second-order valence-corrected chi connectivity index (χ2v) is 3.81. The largest absolute Gasteiger partial charge is 0.330 e. The molecule has 0 radical (unpaired) electrons. The molecule has 0 aliphatic rings. The summed E-state index contributed by atoms with van der Waals surface area (Å²) in [6.45, 7) is 4.27. The Bertz CT molecular complexity index is 337. The van der Waals surface area contributed by atoms with Crippen LogP contribution in [-0.4, -0.2) is 6.54 Å². The lowest BCUT2D eigenvalue weighted by molar-refractivity contribution is 0.486. The predicted octanol–water partition coefficient (Wildman–Crippen LogP) is 2.98. The van der Waals surface area contributed by atoms with Crippen LogP contribution < -0.4 is 5.73 Å². The van der Waals surface area contributed by atoms with Crippen LogP contribution in [0.1, 0.15) is 37.3 Å². The number of hydrogen-bond acceptors (Lipinski definition) is 1. The summed E-state index contributed by atoms with van der Waals surface area (Å²) in [5.74, 6) is -1.52. The van der Waals surface area contributed by atoms with E-state index in [1.165, 1.54) is 6.07 Å². The predicted molar refractivity (Wildman–Crippen MR) is 57.8 cm³/mol. The van der Waals surface area contributed by atoms with Crippen LogP contribution in [0.2, 0.25) is 0 Å². The van der Waals surface area contributed by atoms with Crippen LogP contribution in [0.3, 0.4) is 0 Å². The van der Waals surface area contributed by atoms with Crippen molar-refractivity contribution in [3.05, 3.63) is 34.9 Å². The van der Waals surface area contributed by atoms with E-state index in [0.29, 0.717) is 24.9 Å². The molecule has 84 valence electrons. The quantitative estimate of drug-likeness (QED) is 0.817. The van der Waals surface area contributed by atoms with Gasteiger partial charge in [0.15, 0.2) is 11.6 Å². The van der Waals surface area contributed by atoms with Crippen LogP contribution in [0.4, 0.5) is 8.78 Å². The standard InChI is InChI=1S/C12H17F2N/c1-3-9-6-10(8(2)4-5-15)12(14)11(13)7-9/h6-8H,3-5,15H2,1-2H3. The SMILES string of the molecule is CCc1cc(F)c(F)c(C(C)CCN)c1. The number of nitrogens with two attached hydrogens (primary N) is 1. The van der Waals surface area contributed by atoms with Gasteiger partial charge in [-0.05, 0) is 42.5 Å². The first kappa shape index (κ1) is 12.1. The molecule has 1 unspecified atom stereocenters. The van der Waals surface area contributed by atoms with Crippen LogP contribution in [0, 0.1) is 11.6 Å². The van der Waals surface area contributed by atoms with Gasteiger partial charge in [-0.2, -0.15) is 0 Å². The molecule has 3 heteroatoms. The summed E-state index contributed by atoms with van der Waals surface area (Å²) in [5, 5.41) is 0. The molecule has 15 heavy (non-hydrogen) atoms. The van der Waals surface area contributed by atoms with Gasteiger partial charge in [0.05, 0.1) is 0 Å². The summed E-state index contributed by atoms with van der Waals surface area (Å²) in [6.07, 6.45) is 1.38. The molecule has 1 rings (SSSR count). The van der Waals surface area contributed by atoms with Gasteiger partial charge in [0.2, 0.25) is 0 Å². The zero-order chi connectivity index (χ0) is 11.4. The highest BCUT2D eigenvalue weighted by atomic mass is 19.2. The molecule has 1 aromatic carbocycles. The second kappa shape index (κ2) is 5.21. The highest BCUT2D eigenvalue weighted by Gasteiger charge is 2.15. The molecule has 1 aromatic rings. The van der Waals surface area contributed by atoms with E-state index in [0.717, 1.165) is 5.56 Å². The summed E-state index contributed by atoms with van der Waals surface area (Å²) in [4.78, 5) is 0. The van der Waals surface area contributed by atoms with Crippen molar-refractivity contribution in [3.8, 4) is 0 Å². The van der Waals surface area contributed by atoms with Crippen molar-refractivity contribution in [2.24, 2.45) is 5.73 Å². The highest BCUT2D eigenvalue weighted by Crippen LogP contribution is 2.25. The normalized spacial score (nSPS) is 12.9. The molecule has 0 aromatic heterocycles. The van der Waals surface area contributed by atoms with E-state index in [1.54, 1.807) is 6.07 Å². The van der Waals surface area contributed by atoms with Crippen molar-refractivity contribution in [2.75, 3.05) is 6.54 Å². The summed E-state index contributed by atoms with van der Waals surface area (Å²) in [6, 6.07) is 2.99. The van der Waals surface area contributed by atoms with E-state index in [1.807, 2.05) is 13.8 Å². The Balaban J connectivity index is 3.09. The van der Waals surface area contributed by atoms with E-state index in [-0.39, 0.29) is 5.92 Å². The van der Waals surface area contributed by atoms with Crippen molar-refractivity contribution in [1.29, 1.82) is 0 Å². The van der Waals surface area contributed by atoms with Gasteiger partial charge in [-0.3, -0.25) is 0 Å². The van der Waals surface area contributed by atoms with Crippen molar-refractivity contribution >= 4 is 0 Å². The highest BCUT2D eigenvalue weighted by molar-refractivity contribution is 5.29. The van der Waals surface area contributed by atoms with Crippen LogP contribution in [0.25, 0.3) is 0 Å². The fourth-order valence-corrected chi connectivity index (χ4v) is 1.64. The Kier molecular flexibility index (Phi) is 4.21. The minimum absolute atomic E-state index is 0.0315. The zero-order valence-electron chi connectivity index (χ0n) is 9.19. The molecule has 0 saturated heterocycles. The summed E-state index contributed by atoms with van der Waals surface area (Å²) < 4.78 is 26.7. The molecular weight excluding hydrogens is 196 g/mol. The lowest BCUT2D eigenvalue weighted by atomic mass is 9.94. The molecule has 0 heterocycles. The molecule has 0 aliphatic carbocycles. The molecule has 0 spiro atoms. The van der Waals surface area contributed by atoms with Gasteiger partial charge in [-0.1, -0.05) is 19.9 Å². The molecule has 0 saturated carbocycles. The van der Waals surface area contributed by atoms with Gasteiger partial charge in [0.25, 0.3) is 0 Å². The van der Waals surface area contributed by atoms with Crippen LogP contribution in [0.15, 0.2) is 12.1 Å². The monoisotopic (exact) mass is 213 g/mol. The third-order valence-corrected chi connectivity index (χ3v) is 2.65. The fourth-order valence-electron chi connectivity index (χ4n) is 1.64. The van der Waals surface area contributed by atoms with E-state index >= 15 is 0 Å². The fraction of sp³-hybridized carbons (Fsp3) is 0.500. The van der Waals surface area contributed by atoms with Crippen LogP contribution >= 0.6 is 0 Å². The molecule has 0 bridgehead atoms. The molecule has 1 atom stereocenters. The van der Waals surface area contributed by atoms with Gasteiger partial charge in [-0.15, -0.1) is 0 Å². The van der Waals surface area contributed by atoms with Crippen molar-refractivity contribution in [3.63, 3.8) is 0 Å². The minimum Gasteiger partial charge on any atom is -0.330 e. The number of rotatable bonds is 4. The van der Waals surface area contributed by atoms with Crippen LogP contribution in [0.5, 0.6) is 0 Å². The Morgan fingerprint density at radius 2 is 2.00 bits per heavy atom. The first-order chi connectivity index (χ1) is 7.10. The minimum atomic E-state index is -0.756. The smallest absolute Gasteiger partial charge is 0.162 e. The maximum atomic E-state index is 13.5. The van der Waals surface area contributed by atoms with E-state index in [9.17, 15) is 8.78 Å². The topological polar surface area (TPSA) is 26.0 Å². The lowest BCUT2D eigenvalue weighted by Crippen LogP contribution is -2.07. The van der Waals surface area contributed by atoms with Crippen molar-refractivity contribution < 1.29 is 8.78 Å². The molecular formula is C12H17F2N. The van der Waals surface area contributed by atoms with E-state index in [2.05, 4.69) is 0 Å². The molecule has 2 N–H and O–H groups in total. The van der Waals surface area contributed by atoms with Crippen molar-refractivity contribution in [2.45, 2.75) is 32.6 Å². The average Bonchev–Trinajstić information content (AvgIpc) is 2.22. The maximum absolute atomic E-state index is 13.5. The second-order valence-electron chi connectivity index (χ2n) is 3.81. The van der Waals surface area contributed by atoms with Gasteiger partial charge in [-0.25, -0.2) is 8.78 Å². The Morgan fingerprint density at radius 1 is 1.33 bits per heavy atom.